The Morgan fingerprint density at radius 3 is 0.987 bits per heavy atom. The number of hydrogen-bond donors (Lipinski definition) is 3. The fourth-order valence-electron chi connectivity index (χ4n) is 10.8. The van der Waals surface area contributed by atoms with Gasteiger partial charge < -0.3 is 20.3 Å². The minimum Gasteiger partial charge on any atom is -0.466 e. The van der Waals surface area contributed by atoms with Crippen LogP contribution in [0.2, 0.25) is 0 Å². The molecule has 6 heteroatoms. The van der Waals surface area contributed by atoms with E-state index in [1.54, 1.807) is 6.08 Å². The Morgan fingerprint density at radius 1 is 0.364 bits per heavy atom. The monoisotopic (exact) mass is 1080 g/mol. The van der Waals surface area contributed by atoms with Crippen molar-refractivity contribution in [3.8, 4) is 0 Å². The van der Waals surface area contributed by atoms with Crippen LogP contribution in [0, 0.1) is 0 Å². The highest BCUT2D eigenvalue weighted by molar-refractivity contribution is 5.76. The molecule has 454 valence electrons. The third-order valence-electron chi connectivity index (χ3n) is 16.2. The second kappa shape index (κ2) is 66.6. The molecule has 6 nitrogen and oxygen atoms in total. The number of nitrogens with one attached hydrogen (secondary N) is 1. The van der Waals surface area contributed by atoms with Gasteiger partial charge >= 0.3 is 5.97 Å². The van der Waals surface area contributed by atoms with Crippen LogP contribution in [0.3, 0.4) is 0 Å². The number of ether oxygens (including phenoxy) is 1. The second-order valence-corrected chi connectivity index (χ2v) is 23.9. The Balaban J connectivity index is 3.47. The van der Waals surface area contributed by atoms with Crippen LogP contribution < -0.4 is 5.32 Å². The van der Waals surface area contributed by atoms with E-state index in [-0.39, 0.29) is 18.5 Å². The molecule has 2 unspecified atom stereocenters. The third-order valence-corrected chi connectivity index (χ3v) is 16.2. The van der Waals surface area contributed by atoms with Gasteiger partial charge in [0.25, 0.3) is 0 Å². The molecule has 0 aliphatic rings. The van der Waals surface area contributed by atoms with Gasteiger partial charge in [0.15, 0.2) is 0 Å². The van der Waals surface area contributed by atoms with Gasteiger partial charge in [0.2, 0.25) is 5.91 Å². The average molecular weight is 1080 g/mol. The largest absolute Gasteiger partial charge is 0.466 e. The molecule has 0 aromatic carbocycles. The SMILES string of the molecule is CCCCCCCCCCCCCCCCCCCCCC/C=C/C(O)C(CO)NC(=O)CCCCCCCCC/C=C\C/C=C\CCCCCCCCCCCOC(=O)CCCCCCCCCCCCCCCCC. The maximum atomic E-state index is 12.5. The molecule has 0 aliphatic heterocycles. The summed E-state index contributed by atoms with van der Waals surface area (Å²) in [6.45, 7) is 4.93. The standard InChI is InChI=1S/C71H135NO5/c1-3-5-7-9-11-13-15-17-19-20-21-22-26-29-32-36-39-43-47-51-55-59-63-69(74)68(67-73)72-70(75)64-60-56-52-48-44-40-37-33-30-27-24-23-25-28-31-34-38-42-46-50-54-58-62-66-77-71(76)65-61-57-53-49-45-41-35-18-16-14-12-10-8-6-4-2/h23,25,27,30,59,63,68-69,73-74H,3-22,24,26,28-29,31-58,60-62,64-67H2,1-2H3,(H,72,75)/b25-23-,30-27-,63-59+. The number of esters is 1. The van der Waals surface area contributed by atoms with E-state index in [0.29, 0.717) is 19.4 Å². The van der Waals surface area contributed by atoms with Gasteiger partial charge in [-0.05, 0) is 64.2 Å². The van der Waals surface area contributed by atoms with E-state index < -0.39 is 12.1 Å². The molecule has 3 N–H and O–H groups in total. The molecule has 0 fully saturated rings. The zero-order valence-electron chi connectivity index (χ0n) is 52.0. The maximum absolute atomic E-state index is 12.5. The summed E-state index contributed by atoms with van der Waals surface area (Å²) < 4.78 is 5.49. The second-order valence-electron chi connectivity index (χ2n) is 23.9. The Labute approximate surface area is 481 Å². The smallest absolute Gasteiger partial charge is 0.305 e. The number of allylic oxidation sites excluding steroid dienone is 5. The summed E-state index contributed by atoms with van der Waals surface area (Å²) in [6.07, 6.45) is 85.0. The average Bonchev–Trinajstić information content (AvgIpc) is 3.43. The van der Waals surface area contributed by atoms with E-state index in [4.69, 9.17) is 4.74 Å². The van der Waals surface area contributed by atoms with Crippen molar-refractivity contribution in [2.24, 2.45) is 0 Å². The summed E-state index contributed by atoms with van der Waals surface area (Å²) in [5.74, 6) is -0.0650. The number of aliphatic hydroxyl groups excluding tert-OH is 2. The molecular weight excluding hydrogens is 947 g/mol. The first-order valence-corrected chi connectivity index (χ1v) is 34.8. The molecule has 0 spiro atoms. The van der Waals surface area contributed by atoms with E-state index in [9.17, 15) is 19.8 Å². The van der Waals surface area contributed by atoms with Gasteiger partial charge in [0.1, 0.15) is 0 Å². The van der Waals surface area contributed by atoms with Crippen LogP contribution in [0.4, 0.5) is 0 Å². The molecule has 0 rings (SSSR count). The van der Waals surface area contributed by atoms with Crippen molar-refractivity contribution in [3.05, 3.63) is 36.5 Å². The lowest BCUT2D eigenvalue weighted by molar-refractivity contribution is -0.143. The molecule has 0 saturated heterocycles. The van der Waals surface area contributed by atoms with Crippen LogP contribution in [0.5, 0.6) is 0 Å². The van der Waals surface area contributed by atoms with Gasteiger partial charge in [0.05, 0.1) is 25.4 Å². The Kier molecular flexibility index (Phi) is 64.9. The summed E-state index contributed by atoms with van der Waals surface area (Å²) in [5, 5.41) is 23.2. The number of hydrogen-bond acceptors (Lipinski definition) is 5. The van der Waals surface area contributed by atoms with Crippen molar-refractivity contribution in [2.45, 2.75) is 392 Å². The first kappa shape index (κ1) is 75.1. The van der Waals surface area contributed by atoms with E-state index in [1.165, 1.54) is 295 Å². The van der Waals surface area contributed by atoms with Crippen LogP contribution in [-0.4, -0.2) is 47.4 Å². The highest BCUT2D eigenvalue weighted by atomic mass is 16.5. The molecule has 0 aromatic heterocycles. The minimum atomic E-state index is -0.853. The molecule has 0 heterocycles. The third kappa shape index (κ3) is 63.1. The van der Waals surface area contributed by atoms with Crippen LogP contribution in [0.1, 0.15) is 380 Å². The first-order chi connectivity index (χ1) is 38.0. The van der Waals surface area contributed by atoms with E-state index in [0.717, 1.165) is 57.8 Å². The van der Waals surface area contributed by atoms with Gasteiger partial charge in [-0.2, -0.15) is 0 Å². The molecule has 0 saturated carbocycles. The predicted octanol–water partition coefficient (Wildman–Crippen LogP) is 22.3. The molecule has 77 heavy (non-hydrogen) atoms. The fourth-order valence-corrected chi connectivity index (χ4v) is 10.8. The van der Waals surface area contributed by atoms with E-state index >= 15 is 0 Å². The first-order valence-electron chi connectivity index (χ1n) is 34.8. The van der Waals surface area contributed by atoms with Gasteiger partial charge in [-0.1, -0.05) is 339 Å². The van der Waals surface area contributed by atoms with Crippen molar-refractivity contribution >= 4 is 11.9 Å². The van der Waals surface area contributed by atoms with Gasteiger partial charge in [0, 0.05) is 12.8 Å². The van der Waals surface area contributed by atoms with Crippen molar-refractivity contribution < 1.29 is 24.5 Å². The minimum absolute atomic E-state index is 0.00992. The molecule has 0 radical (unpaired) electrons. The van der Waals surface area contributed by atoms with Crippen LogP contribution >= 0.6 is 0 Å². The lowest BCUT2D eigenvalue weighted by atomic mass is 10.0. The van der Waals surface area contributed by atoms with Gasteiger partial charge in [-0.3, -0.25) is 9.59 Å². The van der Waals surface area contributed by atoms with Crippen molar-refractivity contribution in [1.29, 1.82) is 0 Å². The summed E-state index contributed by atoms with van der Waals surface area (Å²) in [5.41, 5.74) is 0. The highest BCUT2D eigenvalue weighted by Gasteiger charge is 2.18. The van der Waals surface area contributed by atoms with Crippen LogP contribution in [0.15, 0.2) is 36.5 Å². The maximum Gasteiger partial charge on any atom is 0.305 e. The van der Waals surface area contributed by atoms with Gasteiger partial charge in [-0.25, -0.2) is 0 Å². The lowest BCUT2D eigenvalue weighted by Crippen LogP contribution is -2.45. The summed E-state index contributed by atoms with van der Waals surface area (Å²) in [6, 6.07) is -0.637. The Bertz CT molecular complexity index is 1250. The number of unbranched alkanes of at least 4 members (excludes halogenated alkanes) is 50. The molecule has 0 bridgehead atoms. The molecule has 2 atom stereocenters. The number of carbonyl (C=O) groups excluding carboxylic acids is 2. The fraction of sp³-hybridized carbons (Fsp3) is 0.887. The number of aliphatic hydroxyl groups is 2. The number of carbonyl (C=O) groups is 2. The highest BCUT2D eigenvalue weighted by Crippen LogP contribution is 2.18. The van der Waals surface area contributed by atoms with E-state index in [2.05, 4.69) is 43.5 Å². The van der Waals surface area contributed by atoms with E-state index in [1.807, 2.05) is 6.08 Å². The quantitative estimate of drug-likeness (QED) is 0.0320. The molecule has 1 amide bonds. The molecular formula is C71H135NO5. The molecule has 0 aromatic rings. The Morgan fingerprint density at radius 2 is 0.649 bits per heavy atom. The summed E-state index contributed by atoms with van der Waals surface area (Å²) in [4.78, 5) is 24.6. The zero-order chi connectivity index (χ0) is 55.7. The molecule has 0 aliphatic carbocycles. The Hall–Kier alpha value is -1.92. The summed E-state index contributed by atoms with van der Waals surface area (Å²) >= 11 is 0. The summed E-state index contributed by atoms with van der Waals surface area (Å²) in [7, 11) is 0. The lowest BCUT2D eigenvalue weighted by Gasteiger charge is -2.20. The topological polar surface area (TPSA) is 95.9 Å². The van der Waals surface area contributed by atoms with Gasteiger partial charge in [-0.15, -0.1) is 0 Å². The van der Waals surface area contributed by atoms with Crippen molar-refractivity contribution in [1.82, 2.24) is 5.32 Å². The predicted molar refractivity (Wildman–Crippen MR) is 338 cm³/mol. The van der Waals surface area contributed by atoms with Crippen LogP contribution in [0.25, 0.3) is 0 Å². The zero-order valence-corrected chi connectivity index (χ0v) is 52.0. The van der Waals surface area contributed by atoms with Crippen molar-refractivity contribution in [2.75, 3.05) is 13.2 Å². The number of amides is 1. The van der Waals surface area contributed by atoms with Crippen LogP contribution in [-0.2, 0) is 14.3 Å². The normalized spacial score (nSPS) is 12.7. The number of rotatable bonds is 65. The van der Waals surface area contributed by atoms with Crippen molar-refractivity contribution in [3.63, 3.8) is 0 Å².